The lowest BCUT2D eigenvalue weighted by Crippen LogP contribution is -2.35. The Morgan fingerprint density at radius 3 is 2.70 bits per heavy atom. The Bertz CT molecular complexity index is 941. The van der Waals surface area contributed by atoms with Crippen LogP contribution >= 0.6 is 0 Å². The molecule has 1 amide bonds. The van der Waals surface area contributed by atoms with E-state index < -0.39 is 10.0 Å². The van der Waals surface area contributed by atoms with Crippen molar-refractivity contribution in [3.63, 3.8) is 0 Å². The number of carbonyl (C=O) groups is 1. The Morgan fingerprint density at radius 2 is 1.96 bits per heavy atom. The highest BCUT2D eigenvalue weighted by atomic mass is 32.2. The van der Waals surface area contributed by atoms with E-state index in [0.717, 1.165) is 22.4 Å². The van der Waals surface area contributed by atoms with Gasteiger partial charge in [0.1, 0.15) is 0 Å². The van der Waals surface area contributed by atoms with Gasteiger partial charge in [0.05, 0.1) is 12.8 Å². The van der Waals surface area contributed by atoms with Gasteiger partial charge in [0, 0.05) is 25.3 Å². The maximum Gasteiger partial charge on any atom is 0.239 e. The van der Waals surface area contributed by atoms with Gasteiger partial charge in [-0.25, -0.2) is 8.42 Å². The van der Waals surface area contributed by atoms with Crippen molar-refractivity contribution in [1.29, 1.82) is 0 Å². The molecule has 0 spiro atoms. The van der Waals surface area contributed by atoms with Crippen molar-refractivity contribution in [1.82, 2.24) is 9.62 Å². The average molecular weight is 388 g/mol. The first-order chi connectivity index (χ1) is 12.8. The third-order valence-corrected chi connectivity index (χ3v) is 5.96. The standard InChI is InChI=1S/C20H25N3O3S/c1-15-5-3-6-16(11-15)12-22-20(24)13-21-19-8-4-7-17-14-23(27(2,25)26)10-9-18(17)19/h3-8,11,21H,9-10,12-14H2,1-2H3,(H,22,24). The molecule has 0 saturated heterocycles. The molecule has 2 aromatic carbocycles. The monoisotopic (exact) mass is 387 g/mol. The number of nitrogens with one attached hydrogen (secondary N) is 2. The second-order valence-corrected chi connectivity index (χ2v) is 8.89. The van der Waals surface area contributed by atoms with Gasteiger partial charge in [0.2, 0.25) is 15.9 Å². The van der Waals surface area contributed by atoms with Gasteiger partial charge >= 0.3 is 0 Å². The van der Waals surface area contributed by atoms with Gasteiger partial charge in [-0.05, 0) is 36.1 Å². The van der Waals surface area contributed by atoms with E-state index in [1.807, 2.05) is 43.3 Å². The van der Waals surface area contributed by atoms with Gasteiger partial charge in [-0.1, -0.05) is 42.0 Å². The van der Waals surface area contributed by atoms with Gasteiger partial charge in [0.25, 0.3) is 0 Å². The van der Waals surface area contributed by atoms with Crippen LogP contribution in [0.4, 0.5) is 5.69 Å². The minimum Gasteiger partial charge on any atom is -0.376 e. The molecule has 144 valence electrons. The lowest BCUT2D eigenvalue weighted by molar-refractivity contribution is -0.119. The van der Waals surface area contributed by atoms with Crippen molar-refractivity contribution in [2.24, 2.45) is 0 Å². The Labute approximate surface area is 160 Å². The molecule has 0 saturated carbocycles. The Kier molecular flexibility index (Phi) is 5.82. The number of nitrogens with zero attached hydrogens (tertiary/aromatic N) is 1. The van der Waals surface area contributed by atoms with E-state index in [4.69, 9.17) is 0 Å². The van der Waals surface area contributed by atoms with Crippen molar-refractivity contribution < 1.29 is 13.2 Å². The molecule has 0 radical (unpaired) electrons. The average Bonchev–Trinajstić information content (AvgIpc) is 2.63. The molecule has 0 unspecified atom stereocenters. The summed E-state index contributed by atoms with van der Waals surface area (Å²) in [6.07, 6.45) is 1.87. The van der Waals surface area contributed by atoms with Gasteiger partial charge in [-0.2, -0.15) is 4.31 Å². The van der Waals surface area contributed by atoms with E-state index in [-0.39, 0.29) is 12.5 Å². The van der Waals surface area contributed by atoms with Crippen LogP contribution in [0.2, 0.25) is 0 Å². The lowest BCUT2D eigenvalue weighted by atomic mass is 9.99. The third-order valence-electron chi connectivity index (χ3n) is 4.71. The van der Waals surface area contributed by atoms with E-state index in [1.165, 1.54) is 16.1 Å². The second-order valence-electron chi connectivity index (χ2n) is 6.91. The molecule has 0 aliphatic carbocycles. The molecule has 3 rings (SSSR count). The van der Waals surface area contributed by atoms with Crippen LogP contribution in [0.3, 0.4) is 0 Å². The minimum absolute atomic E-state index is 0.0809. The lowest BCUT2D eigenvalue weighted by Gasteiger charge is -2.28. The largest absolute Gasteiger partial charge is 0.376 e. The molecule has 0 bridgehead atoms. The molecule has 2 N–H and O–H groups in total. The highest BCUT2D eigenvalue weighted by Gasteiger charge is 2.24. The van der Waals surface area contributed by atoms with Crippen LogP contribution in [0.5, 0.6) is 0 Å². The van der Waals surface area contributed by atoms with Crippen LogP contribution in [0.25, 0.3) is 0 Å². The van der Waals surface area contributed by atoms with Gasteiger partial charge in [-0.15, -0.1) is 0 Å². The predicted molar refractivity (Wildman–Crippen MR) is 107 cm³/mol. The van der Waals surface area contributed by atoms with Crippen molar-refractivity contribution in [3.8, 4) is 0 Å². The number of aryl methyl sites for hydroxylation is 1. The summed E-state index contributed by atoms with van der Waals surface area (Å²) in [6, 6.07) is 13.8. The number of rotatable bonds is 6. The molecule has 2 aromatic rings. The number of amides is 1. The second kappa shape index (κ2) is 8.10. The normalized spacial score (nSPS) is 14.4. The van der Waals surface area contributed by atoms with Gasteiger partial charge < -0.3 is 10.6 Å². The number of hydrogen-bond donors (Lipinski definition) is 2. The van der Waals surface area contributed by atoms with E-state index in [2.05, 4.69) is 16.7 Å². The van der Waals surface area contributed by atoms with E-state index >= 15 is 0 Å². The number of carbonyl (C=O) groups excluding carboxylic acids is 1. The molecule has 27 heavy (non-hydrogen) atoms. The quantitative estimate of drug-likeness (QED) is 0.795. The van der Waals surface area contributed by atoms with Crippen molar-refractivity contribution in [3.05, 3.63) is 64.7 Å². The summed E-state index contributed by atoms with van der Waals surface area (Å²) in [5.41, 5.74) is 5.20. The van der Waals surface area contributed by atoms with Crippen LogP contribution in [0, 0.1) is 6.92 Å². The Hall–Kier alpha value is -2.38. The summed E-state index contributed by atoms with van der Waals surface area (Å²) >= 11 is 0. The van der Waals surface area contributed by atoms with Gasteiger partial charge in [0.15, 0.2) is 0 Å². The minimum atomic E-state index is -3.20. The molecule has 1 heterocycles. The van der Waals surface area contributed by atoms with Crippen LogP contribution in [0.15, 0.2) is 42.5 Å². The fourth-order valence-electron chi connectivity index (χ4n) is 3.29. The zero-order valence-electron chi connectivity index (χ0n) is 15.7. The number of sulfonamides is 1. The smallest absolute Gasteiger partial charge is 0.239 e. The van der Waals surface area contributed by atoms with Crippen LogP contribution < -0.4 is 10.6 Å². The van der Waals surface area contributed by atoms with Gasteiger partial charge in [-0.3, -0.25) is 4.79 Å². The van der Waals surface area contributed by atoms with E-state index in [9.17, 15) is 13.2 Å². The molecular weight excluding hydrogens is 362 g/mol. The summed E-state index contributed by atoms with van der Waals surface area (Å²) in [5.74, 6) is -0.0809. The fraction of sp³-hybridized carbons (Fsp3) is 0.350. The Morgan fingerprint density at radius 1 is 1.19 bits per heavy atom. The zero-order chi connectivity index (χ0) is 19.4. The number of benzene rings is 2. The highest BCUT2D eigenvalue weighted by molar-refractivity contribution is 7.88. The topological polar surface area (TPSA) is 78.5 Å². The van der Waals surface area contributed by atoms with Crippen LogP contribution in [-0.4, -0.2) is 38.0 Å². The molecule has 0 fully saturated rings. The molecule has 0 aromatic heterocycles. The molecule has 7 heteroatoms. The maximum absolute atomic E-state index is 12.2. The summed E-state index contributed by atoms with van der Waals surface area (Å²) in [6.45, 7) is 3.54. The molecule has 1 aliphatic heterocycles. The third kappa shape index (κ3) is 5.08. The fourth-order valence-corrected chi connectivity index (χ4v) is 4.09. The molecule has 6 nitrogen and oxygen atoms in total. The SMILES string of the molecule is Cc1cccc(CNC(=O)CNc2cccc3c2CCN(S(C)(=O)=O)C3)c1. The first kappa shape index (κ1) is 19.4. The summed E-state index contributed by atoms with van der Waals surface area (Å²) < 4.78 is 25.0. The zero-order valence-corrected chi connectivity index (χ0v) is 16.5. The summed E-state index contributed by atoms with van der Waals surface area (Å²) in [4.78, 5) is 12.2. The van der Waals surface area contributed by atoms with E-state index in [0.29, 0.717) is 26.1 Å². The highest BCUT2D eigenvalue weighted by Crippen LogP contribution is 2.27. The first-order valence-corrected chi connectivity index (χ1v) is 10.8. The Balaban J connectivity index is 1.58. The number of hydrogen-bond acceptors (Lipinski definition) is 4. The van der Waals surface area contributed by atoms with Crippen molar-refractivity contribution >= 4 is 21.6 Å². The van der Waals surface area contributed by atoms with Crippen LogP contribution in [0.1, 0.15) is 22.3 Å². The number of fused-ring (bicyclic) bond motifs is 1. The summed E-state index contributed by atoms with van der Waals surface area (Å²) in [5, 5.41) is 6.11. The first-order valence-electron chi connectivity index (χ1n) is 8.95. The van der Waals surface area contributed by atoms with E-state index in [1.54, 1.807) is 0 Å². The number of anilines is 1. The van der Waals surface area contributed by atoms with Crippen molar-refractivity contribution in [2.75, 3.05) is 24.7 Å². The van der Waals surface area contributed by atoms with Crippen molar-refractivity contribution in [2.45, 2.75) is 26.4 Å². The molecule has 1 aliphatic rings. The predicted octanol–water partition coefficient (Wildman–Crippen LogP) is 2.04. The van der Waals surface area contributed by atoms with Crippen LogP contribution in [-0.2, 0) is 34.3 Å². The maximum atomic E-state index is 12.2. The summed E-state index contributed by atoms with van der Waals surface area (Å²) in [7, 11) is -3.20. The molecule has 0 atom stereocenters. The molecular formula is C20H25N3O3S.